The Balaban J connectivity index is 0.999. The van der Waals surface area contributed by atoms with Gasteiger partial charge in [-0.25, -0.2) is 19.9 Å². The first-order valence-corrected chi connectivity index (χ1v) is 12.9. The molecular formula is C25H29F3N8O4. The first-order chi connectivity index (χ1) is 19.1. The molecule has 0 radical (unpaired) electrons. The molecule has 15 heteroatoms. The molecule has 6 rings (SSSR count). The van der Waals surface area contributed by atoms with Crippen molar-refractivity contribution in [1.82, 2.24) is 34.4 Å². The molecule has 4 aromatic rings. The van der Waals surface area contributed by atoms with Crippen LogP contribution in [0, 0.1) is 5.92 Å². The van der Waals surface area contributed by atoms with Crippen molar-refractivity contribution in [1.29, 1.82) is 0 Å². The lowest BCUT2D eigenvalue weighted by Crippen LogP contribution is -2.47. The Bertz CT molecular complexity index is 1500. The maximum Gasteiger partial charge on any atom is 0.573 e. The number of alkyl halides is 3. The van der Waals surface area contributed by atoms with Gasteiger partial charge in [0.25, 0.3) is 0 Å². The van der Waals surface area contributed by atoms with E-state index in [2.05, 4.69) is 34.6 Å². The maximum atomic E-state index is 12.5. The molecular weight excluding hydrogens is 533 g/mol. The molecule has 1 saturated carbocycles. The Morgan fingerprint density at radius 3 is 2.77 bits per heavy atom. The minimum absolute atomic E-state index is 0.220. The monoisotopic (exact) mass is 562 g/mol. The van der Waals surface area contributed by atoms with Gasteiger partial charge in [-0.05, 0) is 44.4 Å². The van der Waals surface area contributed by atoms with E-state index in [1.807, 2.05) is 7.05 Å². The summed E-state index contributed by atoms with van der Waals surface area (Å²) < 4.78 is 49.0. The van der Waals surface area contributed by atoms with Gasteiger partial charge >= 0.3 is 6.36 Å². The van der Waals surface area contributed by atoms with Crippen LogP contribution >= 0.6 is 0 Å². The number of fused-ring (bicyclic) bond motifs is 2. The number of hydrogen-bond acceptors (Lipinski definition) is 10. The summed E-state index contributed by atoms with van der Waals surface area (Å²) in [5.41, 5.74) is 7.76. The molecule has 1 aliphatic carbocycles. The minimum Gasteiger partial charge on any atom is -0.406 e. The lowest BCUT2D eigenvalue weighted by atomic mass is 9.76. The molecule has 0 amide bonds. The Hall–Kier alpha value is -3.53. The van der Waals surface area contributed by atoms with E-state index in [1.165, 1.54) is 30.9 Å². The molecule has 1 saturated heterocycles. The number of rotatable bonds is 8. The standard InChI is InChI=1S/C25H29F3N8O4/c1-35(9-17-20(37)21(38)24(39-17)36-11-32-19-22(29)30-10-31-23(19)36)13-6-12(7-13)2-5-18-33-15-4-3-14(8-16(15)34-18)40-25(26,27)28/h3-4,8,10-13,17,20-21,24,37-38H,2,5-7,9H2,1H3,(H,33,34)(H2,29,30,31). The number of aliphatic hydroxyl groups excluding tert-OH is 2. The SMILES string of the molecule is CN(CC1OC(n2cnc3c(N)ncnc32)C(O)C1O)C1CC(CCc2nc3cc(OC(F)(F)F)ccc3[nH]2)C1. The smallest absolute Gasteiger partial charge is 0.406 e. The van der Waals surface area contributed by atoms with Crippen molar-refractivity contribution in [2.75, 3.05) is 19.3 Å². The van der Waals surface area contributed by atoms with E-state index in [-0.39, 0.29) is 11.6 Å². The summed E-state index contributed by atoms with van der Waals surface area (Å²) in [6.45, 7) is 0.432. The van der Waals surface area contributed by atoms with Gasteiger partial charge in [0.1, 0.15) is 41.7 Å². The summed E-state index contributed by atoms with van der Waals surface area (Å²) in [7, 11) is 1.97. The van der Waals surface area contributed by atoms with Crippen molar-refractivity contribution in [2.45, 2.75) is 62.6 Å². The number of nitrogens with zero attached hydrogens (tertiary/aromatic N) is 6. The number of halogens is 3. The summed E-state index contributed by atoms with van der Waals surface area (Å²) >= 11 is 0. The highest BCUT2D eigenvalue weighted by molar-refractivity contribution is 5.81. The zero-order chi connectivity index (χ0) is 28.2. The second-order valence-electron chi connectivity index (χ2n) is 10.5. The molecule has 214 valence electrons. The van der Waals surface area contributed by atoms with Crippen LogP contribution < -0.4 is 10.5 Å². The van der Waals surface area contributed by atoms with Gasteiger partial charge in [0.2, 0.25) is 0 Å². The average Bonchev–Trinajstić information content (AvgIpc) is 3.54. The number of nitrogen functional groups attached to an aromatic ring is 1. The van der Waals surface area contributed by atoms with Crippen LogP contribution in [0.2, 0.25) is 0 Å². The molecule has 3 aromatic heterocycles. The molecule has 1 aliphatic heterocycles. The van der Waals surface area contributed by atoms with Crippen LogP contribution in [0.1, 0.15) is 31.3 Å². The third kappa shape index (κ3) is 5.16. The van der Waals surface area contributed by atoms with E-state index >= 15 is 0 Å². The molecule has 4 unspecified atom stereocenters. The van der Waals surface area contributed by atoms with Crippen molar-refractivity contribution >= 4 is 28.0 Å². The lowest BCUT2D eigenvalue weighted by molar-refractivity contribution is -0.274. The average molecular weight is 563 g/mol. The first-order valence-electron chi connectivity index (χ1n) is 12.9. The number of hydrogen-bond donors (Lipinski definition) is 4. The van der Waals surface area contributed by atoms with Crippen molar-refractivity contribution in [3.05, 3.63) is 36.7 Å². The largest absolute Gasteiger partial charge is 0.573 e. The number of nitrogens with one attached hydrogen (secondary N) is 1. The van der Waals surface area contributed by atoms with Crippen LogP contribution in [0.4, 0.5) is 19.0 Å². The van der Waals surface area contributed by atoms with E-state index in [0.717, 1.165) is 25.1 Å². The fraction of sp³-hybridized carbons (Fsp3) is 0.520. The second kappa shape index (κ2) is 10.1. The zero-order valence-corrected chi connectivity index (χ0v) is 21.5. The van der Waals surface area contributed by atoms with Crippen LogP contribution in [-0.2, 0) is 11.2 Å². The van der Waals surface area contributed by atoms with E-state index in [1.54, 1.807) is 4.57 Å². The summed E-state index contributed by atoms with van der Waals surface area (Å²) in [6, 6.07) is 4.37. The Kier molecular flexibility index (Phi) is 6.76. The Morgan fingerprint density at radius 2 is 2.00 bits per heavy atom. The molecule has 2 aliphatic rings. The fourth-order valence-corrected chi connectivity index (χ4v) is 5.59. The first kappa shape index (κ1) is 26.7. The number of aromatic nitrogens is 6. The number of likely N-dealkylation sites (N-methyl/N-ethyl adjacent to an activating group) is 1. The molecule has 4 heterocycles. The van der Waals surface area contributed by atoms with E-state index in [9.17, 15) is 23.4 Å². The normalized spacial score (nSPS) is 27.1. The predicted octanol–water partition coefficient (Wildman–Crippen LogP) is 2.15. The summed E-state index contributed by atoms with van der Waals surface area (Å²) in [4.78, 5) is 22.0. The summed E-state index contributed by atoms with van der Waals surface area (Å²) in [5.74, 6) is 1.12. The number of aliphatic hydroxyl groups is 2. The number of nitrogens with two attached hydrogens (primary N) is 1. The van der Waals surface area contributed by atoms with Gasteiger partial charge in [-0.3, -0.25) is 4.57 Å². The van der Waals surface area contributed by atoms with E-state index in [4.69, 9.17) is 10.5 Å². The molecule has 1 aromatic carbocycles. The minimum atomic E-state index is -4.75. The van der Waals surface area contributed by atoms with Gasteiger partial charge in [0.15, 0.2) is 17.7 Å². The molecule has 0 spiro atoms. The van der Waals surface area contributed by atoms with Gasteiger partial charge in [-0.2, -0.15) is 0 Å². The highest BCUT2D eigenvalue weighted by Crippen LogP contribution is 2.37. The van der Waals surface area contributed by atoms with Crippen LogP contribution in [0.3, 0.4) is 0 Å². The Morgan fingerprint density at radius 1 is 1.20 bits per heavy atom. The van der Waals surface area contributed by atoms with Gasteiger partial charge in [-0.15, -0.1) is 13.2 Å². The number of aryl methyl sites for hydroxylation is 1. The topological polar surface area (TPSA) is 160 Å². The number of imidazole rings is 2. The van der Waals surface area contributed by atoms with Gasteiger partial charge in [0.05, 0.1) is 17.4 Å². The number of benzene rings is 1. The molecule has 0 bridgehead atoms. The van der Waals surface area contributed by atoms with Crippen molar-refractivity contribution in [3.8, 4) is 5.75 Å². The summed E-state index contributed by atoms with van der Waals surface area (Å²) in [5, 5.41) is 21.4. The molecule has 40 heavy (non-hydrogen) atoms. The quantitative estimate of drug-likeness (QED) is 0.251. The van der Waals surface area contributed by atoms with Crippen LogP contribution in [0.25, 0.3) is 22.2 Å². The number of ether oxygens (including phenoxy) is 2. The van der Waals surface area contributed by atoms with Crippen LogP contribution in [-0.4, -0.2) is 88.9 Å². The molecule has 12 nitrogen and oxygen atoms in total. The molecule has 5 N–H and O–H groups in total. The highest BCUT2D eigenvalue weighted by Gasteiger charge is 2.45. The third-order valence-electron chi connectivity index (χ3n) is 7.83. The Labute approximate surface area is 226 Å². The van der Waals surface area contributed by atoms with Crippen LogP contribution in [0.5, 0.6) is 5.75 Å². The van der Waals surface area contributed by atoms with Crippen molar-refractivity contribution < 1.29 is 32.9 Å². The fourth-order valence-electron chi connectivity index (χ4n) is 5.59. The van der Waals surface area contributed by atoms with E-state index < -0.39 is 30.9 Å². The highest BCUT2D eigenvalue weighted by atomic mass is 19.4. The lowest BCUT2D eigenvalue weighted by Gasteiger charge is -2.42. The maximum absolute atomic E-state index is 12.5. The number of anilines is 1. The third-order valence-corrected chi connectivity index (χ3v) is 7.83. The molecule has 2 fully saturated rings. The number of H-pyrrole nitrogens is 1. The van der Waals surface area contributed by atoms with Gasteiger partial charge < -0.3 is 35.3 Å². The van der Waals surface area contributed by atoms with Crippen molar-refractivity contribution in [3.63, 3.8) is 0 Å². The van der Waals surface area contributed by atoms with Crippen molar-refractivity contribution in [2.24, 2.45) is 5.92 Å². The van der Waals surface area contributed by atoms with Crippen LogP contribution in [0.15, 0.2) is 30.9 Å². The summed E-state index contributed by atoms with van der Waals surface area (Å²) in [6.07, 6.45) is -2.22. The molecule has 4 atom stereocenters. The zero-order valence-electron chi connectivity index (χ0n) is 21.5. The van der Waals surface area contributed by atoms with Gasteiger partial charge in [0, 0.05) is 25.1 Å². The number of aromatic amines is 1. The van der Waals surface area contributed by atoms with Gasteiger partial charge in [-0.1, -0.05) is 0 Å². The predicted molar refractivity (Wildman–Crippen MR) is 136 cm³/mol. The second-order valence-corrected chi connectivity index (χ2v) is 10.5. The van der Waals surface area contributed by atoms with E-state index in [0.29, 0.717) is 47.1 Å².